The summed E-state index contributed by atoms with van der Waals surface area (Å²) in [5, 5.41) is 0.628. The number of nitrogens with one attached hydrogen (secondary N) is 2. The molecule has 0 unspecified atom stereocenters. The minimum atomic E-state index is -3.53. The van der Waals surface area contributed by atoms with Crippen LogP contribution < -0.4 is 10.5 Å². The lowest BCUT2D eigenvalue weighted by Gasteiger charge is -2.03. The molecule has 2 aromatic rings. The molecule has 0 saturated carbocycles. The molecule has 0 radical (unpaired) electrons. The second kappa shape index (κ2) is 5.34. The number of nitrogens with two attached hydrogens (primary N) is 1. The van der Waals surface area contributed by atoms with Gasteiger partial charge in [0.15, 0.2) is 0 Å². The number of aromatic nitrogens is 1. The monoisotopic (exact) mass is 277 g/mol. The van der Waals surface area contributed by atoms with Gasteiger partial charge in [0.25, 0.3) is 0 Å². The van der Waals surface area contributed by atoms with E-state index < -0.39 is 10.0 Å². The van der Waals surface area contributed by atoms with Crippen molar-refractivity contribution >= 4 is 26.6 Å². The third-order valence-electron chi connectivity index (χ3n) is 2.68. The lowest BCUT2D eigenvalue weighted by atomic mass is 10.2. The maximum atomic E-state index is 12.1. The number of hydrogen-bond acceptors (Lipinski definition) is 3. The normalized spacial score (nSPS) is 11.2. The predicted molar refractivity (Wildman–Crippen MR) is 76.0 cm³/mol. The summed E-state index contributed by atoms with van der Waals surface area (Å²) in [6.07, 6.45) is 1.96. The van der Waals surface area contributed by atoms with E-state index in [0.29, 0.717) is 29.6 Å². The third kappa shape index (κ3) is 2.89. The first-order chi connectivity index (χ1) is 9.04. The van der Waals surface area contributed by atoms with Gasteiger partial charge >= 0.3 is 0 Å². The molecule has 0 spiro atoms. The van der Waals surface area contributed by atoms with E-state index in [1.54, 1.807) is 25.1 Å². The van der Waals surface area contributed by atoms with Crippen molar-refractivity contribution in [3.8, 4) is 11.8 Å². The first kappa shape index (κ1) is 13.5. The number of hydrogen-bond donors (Lipinski definition) is 3. The smallest absolute Gasteiger partial charge is 0.242 e. The van der Waals surface area contributed by atoms with Crippen molar-refractivity contribution in [2.75, 3.05) is 12.3 Å². The molecule has 100 valence electrons. The zero-order valence-corrected chi connectivity index (χ0v) is 11.3. The van der Waals surface area contributed by atoms with Crippen LogP contribution in [0.2, 0.25) is 0 Å². The van der Waals surface area contributed by atoms with E-state index >= 15 is 0 Å². The first-order valence-corrected chi connectivity index (χ1v) is 7.29. The number of benzene rings is 1. The molecule has 4 N–H and O–H groups in total. The van der Waals surface area contributed by atoms with Gasteiger partial charge in [0.1, 0.15) is 4.90 Å². The van der Waals surface area contributed by atoms with Crippen molar-refractivity contribution in [2.24, 2.45) is 0 Å². The van der Waals surface area contributed by atoms with Crippen LogP contribution in [-0.2, 0) is 10.0 Å². The molecule has 0 aliphatic heterocycles. The van der Waals surface area contributed by atoms with Crippen LogP contribution in [0.3, 0.4) is 0 Å². The maximum absolute atomic E-state index is 12.1. The highest BCUT2D eigenvalue weighted by Crippen LogP contribution is 2.24. The summed E-state index contributed by atoms with van der Waals surface area (Å²) < 4.78 is 26.8. The Morgan fingerprint density at radius 1 is 1.42 bits per heavy atom. The van der Waals surface area contributed by atoms with E-state index in [2.05, 4.69) is 21.5 Å². The average molecular weight is 277 g/mol. The second-order valence-corrected chi connectivity index (χ2v) is 5.77. The zero-order chi connectivity index (χ0) is 13.9. The molecule has 0 aliphatic rings. The van der Waals surface area contributed by atoms with Gasteiger partial charge in [0, 0.05) is 35.8 Å². The van der Waals surface area contributed by atoms with Gasteiger partial charge < -0.3 is 10.7 Å². The molecular formula is C13H15N3O2S. The SMILES string of the molecule is CC#CCCNS(=O)(=O)c1c[nH]c2cc(N)ccc12. The summed E-state index contributed by atoms with van der Waals surface area (Å²) in [5.41, 5.74) is 6.95. The molecule has 5 nitrogen and oxygen atoms in total. The van der Waals surface area contributed by atoms with Gasteiger partial charge in [0.05, 0.1) is 0 Å². The highest BCUT2D eigenvalue weighted by atomic mass is 32.2. The Morgan fingerprint density at radius 2 is 2.21 bits per heavy atom. The predicted octanol–water partition coefficient (Wildman–Crippen LogP) is 1.44. The zero-order valence-electron chi connectivity index (χ0n) is 10.5. The van der Waals surface area contributed by atoms with E-state index in [-0.39, 0.29) is 4.90 Å². The topological polar surface area (TPSA) is 88.0 Å². The highest BCUT2D eigenvalue weighted by Gasteiger charge is 2.18. The molecule has 0 amide bonds. The van der Waals surface area contributed by atoms with E-state index in [1.165, 1.54) is 6.20 Å². The van der Waals surface area contributed by atoms with Gasteiger partial charge in [0.2, 0.25) is 10.0 Å². The van der Waals surface area contributed by atoms with Crippen LogP contribution >= 0.6 is 0 Å². The maximum Gasteiger partial charge on any atom is 0.242 e. The Morgan fingerprint density at radius 3 is 2.95 bits per heavy atom. The molecule has 1 aromatic heterocycles. The summed E-state index contributed by atoms with van der Waals surface area (Å²) in [6, 6.07) is 5.08. The van der Waals surface area contributed by atoms with Gasteiger partial charge in [-0.05, 0) is 25.1 Å². The Balaban J connectivity index is 2.29. The molecule has 0 bridgehead atoms. The Bertz CT molecular complexity index is 751. The van der Waals surface area contributed by atoms with Crippen LogP contribution in [0.15, 0.2) is 29.3 Å². The van der Waals surface area contributed by atoms with Crippen LogP contribution in [0.4, 0.5) is 5.69 Å². The van der Waals surface area contributed by atoms with Crippen LogP contribution in [0.25, 0.3) is 10.9 Å². The largest absolute Gasteiger partial charge is 0.399 e. The average Bonchev–Trinajstić information content (AvgIpc) is 2.78. The second-order valence-electron chi connectivity index (χ2n) is 4.03. The Hall–Kier alpha value is -1.97. The summed E-state index contributed by atoms with van der Waals surface area (Å²) in [6.45, 7) is 2.02. The van der Waals surface area contributed by atoms with Crippen molar-refractivity contribution in [1.82, 2.24) is 9.71 Å². The summed E-state index contributed by atoms with van der Waals surface area (Å²) in [7, 11) is -3.53. The molecule has 19 heavy (non-hydrogen) atoms. The van der Waals surface area contributed by atoms with Crippen molar-refractivity contribution in [2.45, 2.75) is 18.2 Å². The van der Waals surface area contributed by atoms with E-state index in [0.717, 1.165) is 0 Å². The molecular weight excluding hydrogens is 262 g/mol. The van der Waals surface area contributed by atoms with Gasteiger partial charge in [-0.1, -0.05) is 0 Å². The molecule has 1 heterocycles. The number of anilines is 1. The van der Waals surface area contributed by atoms with E-state index in [9.17, 15) is 8.42 Å². The molecule has 0 atom stereocenters. The highest BCUT2D eigenvalue weighted by molar-refractivity contribution is 7.89. The molecule has 6 heteroatoms. The van der Waals surface area contributed by atoms with Crippen LogP contribution in [0.5, 0.6) is 0 Å². The fourth-order valence-corrected chi connectivity index (χ4v) is 3.00. The molecule has 2 rings (SSSR count). The molecule has 0 fully saturated rings. The fraction of sp³-hybridized carbons (Fsp3) is 0.231. The number of aromatic amines is 1. The molecule has 0 aliphatic carbocycles. The van der Waals surface area contributed by atoms with Crippen molar-refractivity contribution < 1.29 is 8.42 Å². The Kier molecular flexibility index (Phi) is 3.79. The van der Waals surface area contributed by atoms with Crippen LogP contribution in [-0.4, -0.2) is 19.9 Å². The first-order valence-electron chi connectivity index (χ1n) is 5.80. The van der Waals surface area contributed by atoms with Crippen molar-refractivity contribution in [1.29, 1.82) is 0 Å². The molecule has 0 saturated heterocycles. The standard InChI is InChI=1S/C13H15N3O2S/c1-2-3-4-7-16-19(17,18)13-9-15-12-8-10(14)5-6-11(12)13/h5-6,8-9,15-16H,4,7,14H2,1H3. The van der Waals surface area contributed by atoms with E-state index in [4.69, 9.17) is 5.73 Å². The van der Waals surface area contributed by atoms with Gasteiger partial charge in [-0.2, -0.15) is 0 Å². The lowest BCUT2D eigenvalue weighted by molar-refractivity contribution is 0.583. The minimum absolute atomic E-state index is 0.229. The van der Waals surface area contributed by atoms with Crippen molar-refractivity contribution in [3.05, 3.63) is 24.4 Å². The number of H-pyrrole nitrogens is 1. The van der Waals surface area contributed by atoms with Crippen LogP contribution in [0.1, 0.15) is 13.3 Å². The summed E-state index contributed by atoms with van der Waals surface area (Å²) >= 11 is 0. The third-order valence-corrected chi connectivity index (χ3v) is 4.18. The fourth-order valence-electron chi connectivity index (χ4n) is 1.79. The number of rotatable bonds is 4. The van der Waals surface area contributed by atoms with Gasteiger partial charge in [-0.3, -0.25) is 0 Å². The van der Waals surface area contributed by atoms with Gasteiger partial charge in [-0.25, -0.2) is 13.1 Å². The van der Waals surface area contributed by atoms with Crippen LogP contribution in [0, 0.1) is 11.8 Å². The number of nitrogen functional groups attached to an aromatic ring is 1. The van der Waals surface area contributed by atoms with Gasteiger partial charge in [-0.15, -0.1) is 11.8 Å². The summed E-state index contributed by atoms with van der Waals surface area (Å²) in [5.74, 6) is 5.53. The molecule has 1 aromatic carbocycles. The quantitative estimate of drug-likeness (QED) is 0.449. The van der Waals surface area contributed by atoms with E-state index in [1.807, 2.05) is 0 Å². The lowest BCUT2D eigenvalue weighted by Crippen LogP contribution is -2.24. The summed E-state index contributed by atoms with van der Waals surface area (Å²) in [4.78, 5) is 3.14. The van der Waals surface area contributed by atoms with Crippen molar-refractivity contribution in [3.63, 3.8) is 0 Å². The minimum Gasteiger partial charge on any atom is -0.399 e. The number of sulfonamides is 1. The Labute approximate surface area is 112 Å². The number of fused-ring (bicyclic) bond motifs is 1.